The van der Waals surface area contributed by atoms with E-state index in [-0.39, 0.29) is 73.5 Å². The number of hydrogen-bond acceptors (Lipinski definition) is 4. The topological polar surface area (TPSA) is 43.9 Å². The molecule has 0 N–H and O–H groups in total. The molecule has 0 radical (unpaired) electrons. The fraction of sp³-hybridized carbons (Fsp3) is 0. The minimum Gasteiger partial charge on any atom is -0.452 e. The van der Waals surface area contributed by atoms with Crippen LogP contribution in [0.5, 0.6) is 0 Å². The lowest BCUT2D eigenvalue weighted by atomic mass is 10.0. The van der Waals surface area contributed by atoms with E-state index in [4.69, 9.17) is 15.4 Å². The first-order chi connectivity index (χ1) is 26.5. The summed E-state index contributed by atoms with van der Waals surface area (Å²) in [5.74, 6) is 0. The Morgan fingerprint density at radius 1 is 0.644 bits per heavy atom. The van der Waals surface area contributed by atoms with Crippen molar-refractivity contribution in [3.05, 3.63) is 140 Å². The van der Waals surface area contributed by atoms with E-state index in [0.29, 0.717) is 38.3 Å². The van der Waals surface area contributed by atoms with Gasteiger partial charge >= 0.3 is 0 Å². The Morgan fingerprint density at radius 2 is 1.49 bits per heavy atom. The highest BCUT2D eigenvalue weighted by atomic mass is 32.1. The first kappa shape index (κ1) is 16.9. The second kappa shape index (κ2) is 9.36. The molecule has 6 aromatic carbocycles. The van der Waals surface area contributed by atoms with Crippen LogP contribution in [0.4, 0.5) is 0 Å². The van der Waals surface area contributed by atoms with Crippen LogP contribution in [-0.4, -0.2) is 14.5 Å². The summed E-state index contributed by atoms with van der Waals surface area (Å²) in [4.78, 5) is 9.20. The van der Waals surface area contributed by atoms with E-state index in [1.54, 1.807) is 22.8 Å². The average Bonchev–Trinajstić information content (AvgIpc) is 3.90. The Hall–Kier alpha value is -5.78. The van der Waals surface area contributed by atoms with Crippen LogP contribution in [0.2, 0.25) is 0 Å². The highest BCUT2D eigenvalue weighted by Gasteiger charge is 2.19. The number of fused-ring (bicyclic) bond motifs is 10. The number of thiophene rings is 1. The number of benzene rings is 6. The molecule has 4 heterocycles. The van der Waals surface area contributed by atoms with Gasteiger partial charge in [0.2, 0.25) is 0 Å². The van der Waals surface area contributed by atoms with E-state index in [0.717, 1.165) is 27.8 Å². The zero-order valence-corrected chi connectivity index (χ0v) is 24.0. The summed E-state index contributed by atoms with van der Waals surface area (Å²) in [5.41, 5.74) is 5.47. The van der Waals surface area contributed by atoms with E-state index < -0.39 is 24.2 Å². The largest absolute Gasteiger partial charge is 0.452 e. The summed E-state index contributed by atoms with van der Waals surface area (Å²) in [5, 5.41) is 1.42. The van der Waals surface area contributed by atoms with Gasteiger partial charge in [-0.2, -0.15) is 0 Å². The van der Waals surface area contributed by atoms with Gasteiger partial charge < -0.3 is 8.98 Å². The zero-order valence-electron chi connectivity index (χ0n) is 33.2. The van der Waals surface area contributed by atoms with Gasteiger partial charge in [0.1, 0.15) is 23.1 Å². The van der Waals surface area contributed by atoms with Gasteiger partial charge in [-0.15, -0.1) is 11.3 Å². The first-order valence-corrected chi connectivity index (χ1v) is 15.0. The van der Waals surface area contributed by atoms with Crippen LogP contribution < -0.4 is 0 Å². The van der Waals surface area contributed by atoms with Crippen LogP contribution in [0, 0.1) is 0 Å². The predicted octanol–water partition coefficient (Wildman–Crippen LogP) is 11.2. The van der Waals surface area contributed by atoms with Crippen molar-refractivity contribution in [2.75, 3.05) is 0 Å². The third-order valence-electron chi connectivity index (χ3n) is 8.20. The smallest absolute Gasteiger partial charge is 0.180 e. The quantitative estimate of drug-likeness (QED) is 0.202. The average molecular weight is 604 g/mol. The molecule has 0 saturated carbocycles. The van der Waals surface area contributed by atoms with Gasteiger partial charge in [0.25, 0.3) is 0 Å². The van der Waals surface area contributed by atoms with Gasteiger partial charge in [-0.25, -0.2) is 9.97 Å². The molecule has 45 heavy (non-hydrogen) atoms. The molecule has 0 atom stereocenters. The number of aromatic nitrogens is 3. The van der Waals surface area contributed by atoms with Crippen LogP contribution in [0.15, 0.2) is 144 Å². The molecule has 10 aromatic rings. The number of hydrogen-bond donors (Lipinski definition) is 0. The third-order valence-corrected chi connectivity index (χ3v) is 9.33. The maximum absolute atomic E-state index is 9.39. The summed E-state index contributed by atoms with van der Waals surface area (Å²) < 4.78 is 96.5. The van der Waals surface area contributed by atoms with Gasteiger partial charge in [-0.1, -0.05) is 90.8 Å². The molecule has 0 amide bonds. The number of para-hydroxylation sites is 1. The van der Waals surface area contributed by atoms with E-state index in [2.05, 4.69) is 9.97 Å². The SMILES string of the molecule is [2H]c1c([2H])c([2H])c2c(sc3c2c([2H])c([2H])c2c3c3c([2H])c([2H])c([2H])c([2H])c3n2-c2cccc(-c3ncnc4c3oc3ccc(-c5ccccc5)cc34)c2)c1[2H]. The Balaban J connectivity index is 1.28. The predicted molar refractivity (Wildman–Crippen MR) is 187 cm³/mol. The lowest BCUT2D eigenvalue weighted by molar-refractivity contribution is 0.667. The second-order valence-corrected chi connectivity index (χ2v) is 11.7. The van der Waals surface area contributed by atoms with Crippen molar-refractivity contribution in [1.82, 2.24) is 14.5 Å². The molecule has 0 aliphatic carbocycles. The molecule has 0 spiro atoms. The fourth-order valence-electron chi connectivity index (χ4n) is 6.22. The van der Waals surface area contributed by atoms with Gasteiger partial charge in [0, 0.05) is 47.6 Å². The van der Waals surface area contributed by atoms with Crippen LogP contribution in [0.3, 0.4) is 0 Å². The van der Waals surface area contributed by atoms with E-state index >= 15 is 0 Å². The lowest BCUT2D eigenvalue weighted by Gasteiger charge is -2.10. The molecule has 10 rings (SSSR count). The molecule has 0 unspecified atom stereocenters. The molecule has 0 fully saturated rings. The van der Waals surface area contributed by atoms with E-state index in [9.17, 15) is 2.74 Å². The minimum absolute atomic E-state index is 0.0839. The normalized spacial score (nSPS) is 15.1. The van der Waals surface area contributed by atoms with Crippen molar-refractivity contribution in [3.63, 3.8) is 0 Å². The molecule has 4 nitrogen and oxygen atoms in total. The Kier molecular flexibility index (Phi) is 3.51. The maximum atomic E-state index is 9.39. The lowest BCUT2D eigenvalue weighted by Crippen LogP contribution is -1.95. The number of nitrogens with zero attached hydrogens (tertiary/aromatic N) is 3. The fourth-order valence-corrected chi connectivity index (χ4v) is 7.33. The van der Waals surface area contributed by atoms with E-state index in [1.807, 2.05) is 54.6 Å². The molecule has 5 heteroatoms. The maximum Gasteiger partial charge on any atom is 0.180 e. The number of furan rings is 1. The van der Waals surface area contributed by atoms with Crippen molar-refractivity contribution >= 4 is 75.4 Å². The van der Waals surface area contributed by atoms with E-state index in [1.165, 1.54) is 6.33 Å². The monoisotopic (exact) mass is 603 g/mol. The van der Waals surface area contributed by atoms with Crippen molar-refractivity contribution in [3.8, 4) is 28.1 Å². The second-order valence-electron chi connectivity index (χ2n) is 10.7. The van der Waals surface area contributed by atoms with Gasteiger partial charge in [0.15, 0.2) is 5.58 Å². The van der Waals surface area contributed by atoms with Crippen molar-refractivity contribution in [1.29, 1.82) is 0 Å². The molecule has 0 aliphatic heterocycles. The van der Waals surface area contributed by atoms with Crippen LogP contribution in [0.1, 0.15) is 13.7 Å². The molecule has 0 aliphatic rings. The Morgan fingerprint density at radius 3 is 2.42 bits per heavy atom. The Bertz CT molecular complexity index is 3340. The summed E-state index contributed by atoms with van der Waals surface area (Å²) in [6, 6.07) is 19.3. The van der Waals surface area contributed by atoms with Gasteiger partial charge in [0.05, 0.1) is 24.7 Å². The minimum atomic E-state index is -0.478. The summed E-state index contributed by atoms with van der Waals surface area (Å²) in [7, 11) is 0. The molecule has 0 saturated heterocycles. The third kappa shape index (κ3) is 3.59. The highest BCUT2D eigenvalue weighted by molar-refractivity contribution is 7.26. The molecule has 210 valence electrons. The number of rotatable bonds is 3. The summed E-state index contributed by atoms with van der Waals surface area (Å²) in [6.45, 7) is 0. The zero-order chi connectivity index (χ0) is 38.2. The first-order valence-electron chi connectivity index (χ1n) is 19.2. The van der Waals surface area contributed by atoms with Crippen LogP contribution in [-0.2, 0) is 0 Å². The molecule has 4 aromatic heterocycles. The van der Waals surface area contributed by atoms with Crippen molar-refractivity contribution in [2.24, 2.45) is 0 Å². The van der Waals surface area contributed by atoms with Gasteiger partial charge in [-0.05, 0) is 53.5 Å². The van der Waals surface area contributed by atoms with Gasteiger partial charge in [-0.3, -0.25) is 0 Å². The molecule has 0 bridgehead atoms. The van der Waals surface area contributed by atoms with Crippen molar-refractivity contribution in [2.45, 2.75) is 0 Å². The van der Waals surface area contributed by atoms with Crippen molar-refractivity contribution < 1.29 is 18.1 Å². The summed E-state index contributed by atoms with van der Waals surface area (Å²) in [6.07, 6.45) is 1.46. The molecular formula is C40H23N3OS. The summed E-state index contributed by atoms with van der Waals surface area (Å²) >= 11 is 1.02. The standard InChI is InChI=1S/C40H23N3OS/c1-2-9-24(10-3-1)25-17-20-34-31(22-25)38-39(44-34)37(41-23-42-38)26-11-8-12-27(21-26)43-32-15-6-4-14-30(32)36-33(43)19-18-29-28-13-5-7-16-35(28)45-40(29)36/h1-23H/i4D,5D,6D,7D,13D,14D,15D,16D,18D,19D. The Labute approximate surface area is 275 Å². The highest BCUT2D eigenvalue weighted by Crippen LogP contribution is 2.43. The molecular weight excluding hydrogens is 571 g/mol. The van der Waals surface area contributed by atoms with Crippen LogP contribution >= 0.6 is 11.3 Å². The van der Waals surface area contributed by atoms with Crippen LogP contribution in [0.25, 0.3) is 92.1 Å².